The molecule has 1 N–H and O–H groups in total. The lowest BCUT2D eigenvalue weighted by molar-refractivity contribution is 0.322. The SMILES string of the molecule is CCOc1ccc(/C=N\O)c(Cl)c1. The van der Waals surface area contributed by atoms with Crippen molar-refractivity contribution in [3.8, 4) is 5.75 Å². The standard InChI is InChI=1S/C9H10ClNO2/c1-2-13-8-4-3-7(6-11-12)9(10)5-8/h3-6,12H,2H2,1H3/b11-6-. The van der Waals surface area contributed by atoms with Gasteiger partial charge in [0.2, 0.25) is 0 Å². The summed E-state index contributed by atoms with van der Waals surface area (Å²) in [5.74, 6) is 0.711. The molecule has 0 heterocycles. The summed E-state index contributed by atoms with van der Waals surface area (Å²) in [6.07, 6.45) is 1.28. The first-order valence-corrected chi connectivity index (χ1v) is 4.25. The van der Waals surface area contributed by atoms with E-state index in [1.807, 2.05) is 6.92 Å². The van der Waals surface area contributed by atoms with Crippen LogP contribution in [0.2, 0.25) is 5.02 Å². The van der Waals surface area contributed by atoms with Crippen LogP contribution < -0.4 is 4.74 Å². The fourth-order valence-corrected chi connectivity index (χ4v) is 1.15. The molecule has 0 spiro atoms. The van der Waals surface area contributed by atoms with Crippen LogP contribution in [-0.4, -0.2) is 18.0 Å². The Bertz CT molecular complexity index is 312. The Hall–Kier alpha value is -1.22. The number of hydrogen-bond donors (Lipinski definition) is 1. The highest BCUT2D eigenvalue weighted by molar-refractivity contribution is 6.33. The maximum absolute atomic E-state index is 8.30. The van der Waals surface area contributed by atoms with Gasteiger partial charge in [0.05, 0.1) is 17.8 Å². The van der Waals surface area contributed by atoms with E-state index in [-0.39, 0.29) is 0 Å². The molecular formula is C9H10ClNO2. The van der Waals surface area contributed by atoms with E-state index < -0.39 is 0 Å². The van der Waals surface area contributed by atoms with Crippen molar-refractivity contribution in [1.82, 2.24) is 0 Å². The van der Waals surface area contributed by atoms with Gasteiger partial charge in [-0.15, -0.1) is 0 Å². The minimum Gasteiger partial charge on any atom is -0.494 e. The lowest BCUT2D eigenvalue weighted by Gasteiger charge is -2.03. The Morgan fingerprint density at radius 1 is 1.62 bits per heavy atom. The quantitative estimate of drug-likeness (QED) is 0.462. The van der Waals surface area contributed by atoms with E-state index in [2.05, 4.69) is 5.16 Å². The number of ether oxygens (including phenoxy) is 1. The van der Waals surface area contributed by atoms with Crippen molar-refractivity contribution in [2.45, 2.75) is 6.92 Å². The highest BCUT2D eigenvalue weighted by atomic mass is 35.5. The molecule has 0 bridgehead atoms. The first-order valence-electron chi connectivity index (χ1n) is 3.87. The minimum atomic E-state index is 0.503. The lowest BCUT2D eigenvalue weighted by Crippen LogP contribution is -1.92. The number of hydrogen-bond acceptors (Lipinski definition) is 3. The number of rotatable bonds is 3. The van der Waals surface area contributed by atoms with Crippen LogP contribution in [-0.2, 0) is 0 Å². The van der Waals surface area contributed by atoms with Crippen LogP contribution in [0.15, 0.2) is 23.4 Å². The first-order chi connectivity index (χ1) is 6.27. The van der Waals surface area contributed by atoms with Gasteiger partial charge in [0.15, 0.2) is 0 Å². The van der Waals surface area contributed by atoms with Crippen LogP contribution in [0, 0.1) is 0 Å². The van der Waals surface area contributed by atoms with Crippen molar-refractivity contribution in [3.63, 3.8) is 0 Å². The molecule has 1 rings (SSSR count). The van der Waals surface area contributed by atoms with Gasteiger partial charge >= 0.3 is 0 Å². The Morgan fingerprint density at radius 2 is 2.38 bits per heavy atom. The summed E-state index contributed by atoms with van der Waals surface area (Å²) in [4.78, 5) is 0. The van der Waals surface area contributed by atoms with E-state index in [0.717, 1.165) is 0 Å². The molecule has 13 heavy (non-hydrogen) atoms. The van der Waals surface area contributed by atoms with Crippen LogP contribution in [0.25, 0.3) is 0 Å². The maximum Gasteiger partial charge on any atom is 0.120 e. The van der Waals surface area contributed by atoms with Gasteiger partial charge in [0, 0.05) is 5.56 Å². The van der Waals surface area contributed by atoms with E-state index in [9.17, 15) is 0 Å². The van der Waals surface area contributed by atoms with Gasteiger partial charge in [-0.25, -0.2) is 0 Å². The average molecular weight is 200 g/mol. The zero-order valence-electron chi connectivity index (χ0n) is 7.20. The molecular weight excluding hydrogens is 190 g/mol. The molecule has 1 aromatic carbocycles. The summed E-state index contributed by atoms with van der Waals surface area (Å²) >= 11 is 5.86. The largest absolute Gasteiger partial charge is 0.494 e. The maximum atomic E-state index is 8.30. The Kier molecular flexibility index (Phi) is 3.58. The summed E-state index contributed by atoms with van der Waals surface area (Å²) in [7, 11) is 0. The van der Waals surface area contributed by atoms with Crippen LogP contribution in [0.3, 0.4) is 0 Å². The van der Waals surface area contributed by atoms with Gasteiger partial charge < -0.3 is 9.94 Å². The number of halogens is 1. The normalized spacial score (nSPS) is 10.6. The molecule has 0 radical (unpaired) electrons. The monoisotopic (exact) mass is 199 g/mol. The van der Waals surface area contributed by atoms with Crippen molar-refractivity contribution in [1.29, 1.82) is 0 Å². The fraction of sp³-hybridized carbons (Fsp3) is 0.222. The molecule has 0 fully saturated rings. The molecule has 0 saturated carbocycles. The zero-order valence-corrected chi connectivity index (χ0v) is 7.95. The molecule has 1 aromatic rings. The third-order valence-electron chi connectivity index (χ3n) is 1.48. The Balaban J connectivity index is 2.91. The minimum absolute atomic E-state index is 0.503. The van der Waals surface area contributed by atoms with E-state index in [1.165, 1.54) is 6.21 Å². The highest BCUT2D eigenvalue weighted by Crippen LogP contribution is 2.21. The fourth-order valence-electron chi connectivity index (χ4n) is 0.931. The predicted molar refractivity (Wildman–Crippen MR) is 52.0 cm³/mol. The molecule has 0 saturated heterocycles. The number of benzene rings is 1. The second-order valence-corrected chi connectivity index (χ2v) is 2.77. The van der Waals surface area contributed by atoms with Crippen molar-refractivity contribution in [2.24, 2.45) is 5.16 Å². The van der Waals surface area contributed by atoms with Crippen molar-refractivity contribution >= 4 is 17.8 Å². The van der Waals surface area contributed by atoms with Crippen molar-refractivity contribution < 1.29 is 9.94 Å². The molecule has 0 atom stereocenters. The number of oxime groups is 1. The molecule has 0 aliphatic heterocycles. The molecule has 0 aliphatic carbocycles. The van der Waals surface area contributed by atoms with Gasteiger partial charge in [-0.1, -0.05) is 16.8 Å². The summed E-state index contributed by atoms with van der Waals surface area (Å²) in [6.45, 7) is 2.50. The van der Waals surface area contributed by atoms with Crippen LogP contribution in [0.5, 0.6) is 5.75 Å². The van der Waals surface area contributed by atoms with Gasteiger partial charge in [-0.2, -0.15) is 0 Å². The molecule has 0 unspecified atom stereocenters. The first kappa shape index (κ1) is 9.86. The van der Waals surface area contributed by atoms with Gasteiger partial charge in [-0.3, -0.25) is 0 Å². The molecule has 4 heteroatoms. The average Bonchev–Trinajstić information content (AvgIpc) is 2.10. The third kappa shape index (κ3) is 2.63. The molecule has 0 aromatic heterocycles. The molecule has 0 amide bonds. The second kappa shape index (κ2) is 4.72. The molecule has 70 valence electrons. The van der Waals surface area contributed by atoms with Crippen LogP contribution in [0.1, 0.15) is 12.5 Å². The second-order valence-electron chi connectivity index (χ2n) is 2.36. The third-order valence-corrected chi connectivity index (χ3v) is 1.81. The summed E-state index contributed by atoms with van der Waals surface area (Å²) in [6, 6.07) is 5.18. The van der Waals surface area contributed by atoms with Crippen molar-refractivity contribution in [3.05, 3.63) is 28.8 Å². The highest BCUT2D eigenvalue weighted by Gasteiger charge is 1.99. The van der Waals surface area contributed by atoms with E-state index >= 15 is 0 Å². The molecule has 0 aliphatic rings. The molecule has 3 nitrogen and oxygen atoms in total. The lowest BCUT2D eigenvalue weighted by atomic mass is 10.2. The van der Waals surface area contributed by atoms with E-state index in [4.69, 9.17) is 21.5 Å². The van der Waals surface area contributed by atoms with Gasteiger partial charge in [-0.05, 0) is 25.1 Å². The number of nitrogens with zero attached hydrogens (tertiary/aromatic N) is 1. The summed E-state index contributed by atoms with van der Waals surface area (Å²) in [5, 5.41) is 11.7. The zero-order chi connectivity index (χ0) is 9.68. The van der Waals surface area contributed by atoms with Crippen LogP contribution >= 0.6 is 11.6 Å². The van der Waals surface area contributed by atoms with Crippen molar-refractivity contribution in [2.75, 3.05) is 6.61 Å². The van der Waals surface area contributed by atoms with E-state index in [0.29, 0.717) is 22.9 Å². The smallest absolute Gasteiger partial charge is 0.120 e. The summed E-state index contributed by atoms with van der Waals surface area (Å²) in [5.41, 5.74) is 0.660. The van der Waals surface area contributed by atoms with Crippen LogP contribution in [0.4, 0.5) is 0 Å². The predicted octanol–water partition coefficient (Wildman–Crippen LogP) is 2.55. The summed E-state index contributed by atoms with van der Waals surface area (Å²) < 4.78 is 5.23. The van der Waals surface area contributed by atoms with E-state index in [1.54, 1.807) is 18.2 Å². The Labute approximate surface area is 81.6 Å². The Morgan fingerprint density at radius 3 is 2.92 bits per heavy atom. The van der Waals surface area contributed by atoms with Gasteiger partial charge in [0.1, 0.15) is 5.75 Å². The topological polar surface area (TPSA) is 41.8 Å². The van der Waals surface area contributed by atoms with Gasteiger partial charge in [0.25, 0.3) is 0 Å².